The predicted molar refractivity (Wildman–Crippen MR) is 33.7 cm³/mol. The molecule has 0 aliphatic rings. The zero-order valence-corrected chi connectivity index (χ0v) is 5.51. The third-order valence-electron chi connectivity index (χ3n) is 0.945. The molecule has 0 aromatic carbocycles. The summed E-state index contributed by atoms with van der Waals surface area (Å²) in [4.78, 5) is 11.3. The average Bonchev–Trinajstić information content (AvgIpc) is 1.63. The van der Waals surface area contributed by atoms with Crippen molar-refractivity contribution in [1.29, 1.82) is 5.41 Å². The third-order valence-corrected chi connectivity index (χ3v) is 0.945. The Hall–Kier alpha value is -1.06. The number of nitrogens with zero attached hydrogens (tertiary/aromatic N) is 1. The van der Waals surface area contributed by atoms with Gasteiger partial charge in [0.2, 0.25) is 0 Å². The molecule has 0 aromatic heterocycles. The summed E-state index contributed by atoms with van der Waals surface area (Å²) < 4.78 is 0. The van der Waals surface area contributed by atoms with Crippen molar-refractivity contribution in [2.24, 2.45) is 0 Å². The summed E-state index contributed by atoms with van der Waals surface area (Å²) in [5.41, 5.74) is 0. The van der Waals surface area contributed by atoms with Gasteiger partial charge in [0.15, 0.2) is 0 Å². The molecule has 0 aliphatic heterocycles. The van der Waals surface area contributed by atoms with Crippen LogP contribution in [0.25, 0.3) is 0 Å². The Morgan fingerprint density at radius 1 is 1.78 bits per heavy atom. The number of carbonyl (C=O) groups is 1. The van der Waals surface area contributed by atoms with Crippen LogP contribution >= 0.6 is 0 Å². The van der Waals surface area contributed by atoms with Gasteiger partial charge in [0.1, 0.15) is 6.54 Å². The van der Waals surface area contributed by atoms with Crippen LogP contribution in [0, 0.1) is 5.41 Å². The molecule has 0 bridgehead atoms. The van der Waals surface area contributed by atoms with Crippen molar-refractivity contribution >= 4 is 11.8 Å². The number of hydrogen-bond donors (Lipinski definition) is 2. The lowest BCUT2D eigenvalue weighted by molar-refractivity contribution is -0.137. The minimum absolute atomic E-state index is 0.102. The van der Waals surface area contributed by atoms with Gasteiger partial charge in [-0.3, -0.25) is 10.2 Å². The van der Waals surface area contributed by atoms with E-state index >= 15 is 0 Å². The van der Waals surface area contributed by atoms with E-state index in [1.54, 1.807) is 14.0 Å². The van der Waals surface area contributed by atoms with Crippen LogP contribution in [0.5, 0.6) is 0 Å². The predicted octanol–water partition coefficient (Wildman–Crippen LogP) is -0.0000300. The summed E-state index contributed by atoms with van der Waals surface area (Å²) in [6, 6.07) is 0. The van der Waals surface area contributed by atoms with E-state index in [0.29, 0.717) is 0 Å². The van der Waals surface area contributed by atoms with Crippen molar-refractivity contribution in [3.05, 3.63) is 0 Å². The fourth-order valence-corrected chi connectivity index (χ4v) is 0.321. The highest BCUT2D eigenvalue weighted by Crippen LogP contribution is 1.81. The van der Waals surface area contributed by atoms with Gasteiger partial charge in [-0.2, -0.15) is 0 Å². The molecule has 0 spiro atoms. The van der Waals surface area contributed by atoms with E-state index in [-0.39, 0.29) is 12.4 Å². The summed E-state index contributed by atoms with van der Waals surface area (Å²) >= 11 is 0. The van der Waals surface area contributed by atoms with Gasteiger partial charge in [0, 0.05) is 7.05 Å². The van der Waals surface area contributed by atoms with Gasteiger partial charge in [-0.15, -0.1) is 0 Å². The molecule has 0 saturated carbocycles. The molecular formula is C5H10N2O2. The molecule has 0 unspecified atom stereocenters. The Morgan fingerprint density at radius 3 is 2.33 bits per heavy atom. The molecule has 0 amide bonds. The van der Waals surface area contributed by atoms with Crippen LogP contribution in [-0.2, 0) is 4.79 Å². The summed E-state index contributed by atoms with van der Waals surface area (Å²) in [5.74, 6) is -0.651. The molecule has 0 fully saturated rings. The number of aliphatic carboxylic acids is 1. The van der Waals surface area contributed by atoms with Gasteiger partial charge in [-0.05, 0) is 6.92 Å². The van der Waals surface area contributed by atoms with Crippen LogP contribution in [0.1, 0.15) is 6.92 Å². The lowest BCUT2D eigenvalue weighted by Gasteiger charge is -2.12. The van der Waals surface area contributed by atoms with E-state index in [4.69, 9.17) is 10.5 Å². The first-order chi connectivity index (χ1) is 4.04. The van der Waals surface area contributed by atoms with E-state index in [9.17, 15) is 4.79 Å². The van der Waals surface area contributed by atoms with Gasteiger partial charge in [-0.25, -0.2) is 0 Å². The first-order valence-corrected chi connectivity index (χ1v) is 2.52. The second kappa shape index (κ2) is 3.06. The standard InChI is InChI=1S/C5H10N2O2/c1-4(6)7(2)3-5(8)9/h6H,3H2,1-2H3,(H,8,9). The fraction of sp³-hybridized carbons (Fsp3) is 0.600. The number of hydrogen-bond acceptors (Lipinski definition) is 2. The van der Waals surface area contributed by atoms with Crippen molar-refractivity contribution in [3.8, 4) is 0 Å². The van der Waals surface area contributed by atoms with Gasteiger partial charge < -0.3 is 10.0 Å². The van der Waals surface area contributed by atoms with Crippen LogP contribution in [0.15, 0.2) is 0 Å². The molecule has 0 radical (unpaired) electrons. The summed E-state index contributed by atoms with van der Waals surface area (Å²) in [7, 11) is 1.57. The van der Waals surface area contributed by atoms with Crippen molar-refractivity contribution in [1.82, 2.24) is 4.90 Å². The third kappa shape index (κ3) is 3.52. The van der Waals surface area contributed by atoms with E-state index < -0.39 is 5.97 Å². The highest BCUT2D eigenvalue weighted by molar-refractivity contribution is 5.81. The molecule has 2 N–H and O–H groups in total. The molecule has 0 aromatic rings. The Bertz CT molecular complexity index is 133. The Balaban J connectivity index is 3.63. The first kappa shape index (κ1) is 7.94. The largest absolute Gasteiger partial charge is 0.480 e. The number of likely N-dealkylation sites (N-methyl/N-ethyl adjacent to an activating group) is 1. The molecule has 4 nitrogen and oxygen atoms in total. The van der Waals surface area contributed by atoms with Gasteiger partial charge >= 0.3 is 5.97 Å². The second-order valence-electron chi connectivity index (χ2n) is 1.84. The highest BCUT2D eigenvalue weighted by Gasteiger charge is 2.02. The summed E-state index contributed by atoms with van der Waals surface area (Å²) in [5, 5.41) is 15.2. The molecule has 0 rings (SSSR count). The minimum Gasteiger partial charge on any atom is -0.480 e. The quantitative estimate of drug-likeness (QED) is 0.408. The van der Waals surface area contributed by atoms with E-state index in [1.165, 1.54) is 4.90 Å². The van der Waals surface area contributed by atoms with Crippen LogP contribution in [0.2, 0.25) is 0 Å². The minimum atomic E-state index is -0.913. The van der Waals surface area contributed by atoms with Crippen molar-refractivity contribution < 1.29 is 9.90 Å². The van der Waals surface area contributed by atoms with Gasteiger partial charge in [0.25, 0.3) is 0 Å². The van der Waals surface area contributed by atoms with E-state index in [1.807, 2.05) is 0 Å². The average molecular weight is 130 g/mol. The number of nitrogens with one attached hydrogen (secondary N) is 1. The molecule has 52 valence electrons. The Labute approximate surface area is 53.6 Å². The van der Waals surface area contributed by atoms with Crippen LogP contribution in [0.3, 0.4) is 0 Å². The number of carboxylic acids is 1. The summed E-state index contributed by atoms with van der Waals surface area (Å²) in [6.07, 6.45) is 0. The SMILES string of the molecule is CC(=N)N(C)CC(=O)O. The summed E-state index contributed by atoms with van der Waals surface area (Å²) in [6.45, 7) is 1.44. The van der Waals surface area contributed by atoms with Crippen molar-refractivity contribution in [3.63, 3.8) is 0 Å². The monoisotopic (exact) mass is 130 g/mol. The van der Waals surface area contributed by atoms with Crippen LogP contribution in [0.4, 0.5) is 0 Å². The van der Waals surface area contributed by atoms with Crippen molar-refractivity contribution in [2.75, 3.05) is 13.6 Å². The maximum absolute atomic E-state index is 9.98. The lowest BCUT2D eigenvalue weighted by atomic mass is 10.5. The second-order valence-corrected chi connectivity index (χ2v) is 1.84. The zero-order chi connectivity index (χ0) is 7.44. The molecule has 9 heavy (non-hydrogen) atoms. The molecular weight excluding hydrogens is 120 g/mol. The lowest BCUT2D eigenvalue weighted by Crippen LogP contribution is -2.29. The van der Waals surface area contributed by atoms with Gasteiger partial charge in [0.05, 0.1) is 5.84 Å². The molecule has 0 atom stereocenters. The fourth-order valence-electron chi connectivity index (χ4n) is 0.321. The highest BCUT2D eigenvalue weighted by atomic mass is 16.4. The van der Waals surface area contributed by atoms with E-state index in [2.05, 4.69) is 0 Å². The topological polar surface area (TPSA) is 64.4 Å². The van der Waals surface area contributed by atoms with Crippen LogP contribution in [-0.4, -0.2) is 35.4 Å². The maximum Gasteiger partial charge on any atom is 0.323 e. The van der Waals surface area contributed by atoms with Crippen LogP contribution < -0.4 is 0 Å². The Morgan fingerprint density at radius 2 is 2.22 bits per heavy atom. The maximum atomic E-state index is 9.98. The molecule has 0 saturated heterocycles. The molecule has 0 heterocycles. The van der Waals surface area contributed by atoms with Gasteiger partial charge in [-0.1, -0.05) is 0 Å². The molecule has 4 heteroatoms. The number of rotatable bonds is 2. The normalized spacial score (nSPS) is 8.67. The van der Waals surface area contributed by atoms with E-state index in [0.717, 1.165) is 0 Å². The Kier molecular flexibility index (Phi) is 2.70. The molecule has 0 aliphatic carbocycles. The number of carboxylic acid groups (broad SMARTS) is 1. The zero-order valence-electron chi connectivity index (χ0n) is 5.51. The number of amidine groups is 1. The smallest absolute Gasteiger partial charge is 0.323 e. The van der Waals surface area contributed by atoms with Crippen molar-refractivity contribution in [2.45, 2.75) is 6.92 Å². The first-order valence-electron chi connectivity index (χ1n) is 2.52.